The maximum absolute atomic E-state index is 9.23. The molecule has 0 saturated carbocycles. The molecule has 2 N–H and O–H groups in total. The van der Waals surface area contributed by atoms with E-state index in [9.17, 15) is 5.26 Å². The van der Waals surface area contributed by atoms with E-state index in [1.54, 1.807) is 24.4 Å². The fourth-order valence-corrected chi connectivity index (χ4v) is 3.87. The van der Waals surface area contributed by atoms with Crippen molar-refractivity contribution in [2.24, 2.45) is 5.41 Å². The predicted octanol–water partition coefficient (Wildman–Crippen LogP) is 4.22. The number of nitrogens with zero attached hydrogens (tertiary/aromatic N) is 5. The van der Waals surface area contributed by atoms with Crippen molar-refractivity contribution in [3.05, 3.63) is 40.8 Å². The van der Waals surface area contributed by atoms with Gasteiger partial charge in [0.05, 0.1) is 23.9 Å². The molecule has 1 aliphatic heterocycles. The van der Waals surface area contributed by atoms with Crippen molar-refractivity contribution in [2.45, 2.75) is 39.7 Å². The van der Waals surface area contributed by atoms with E-state index < -0.39 is 0 Å². The first kappa shape index (κ1) is 19.6. The van der Waals surface area contributed by atoms with E-state index in [-0.39, 0.29) is 11.5 Å². The molecule has 3 heterocycles. The average molecular weight is 410 g/mol. The molecule has 1 saturated heterocycles. The van der Waals surface area contributed by atoms with Gasteiger partial charge in [0.15, 0.2) is 5.65 Å². The van der Waals surface area contributed by atoms with Crippen LogP contribution in [0.15, 0.2) is 24.4 Å². The van der Waals surface area contributed by atoms with Crippen LogP contribution in [0, 0.1) is 16.7 Å². The van der Waals surface area contributed by atoms with Crippen molar-refractivity contribution < 1.29 is 0 Å². The molecule has 1 aliphatic rings. The van der Waals surface area contributed by atoms with E-state index in [1.165, 1.54) is 0 Å². The van der Waals surface area contributed by atoms with Crippen LogP contribution in [0.2, 0.25) is 5.02 Å². The van der Waals surface area contributed by atoms with Crippen LogP contribution in [-0.4, -0.2) is 32.6 Å². The van der Waals surface area contributed by atoms with Gasteiger partial charge in [-0.3, -0.25) is 4.57 Å². The first-order valence-electron chi connectivity index (χ1n) is 9.75. The Hall–Kier alpha value is -2.69. The highest BCUT2D eigenvalue weighted by Crippen LogP contribution is 2.30. The quantitative estimate of drug-likeness (QED) is 0.670. The number of benzene rings is 1. The van der Waals surface area contributed by atoms with Crippen LogP contribution in [-0.2, 0) is 6.42 Å². The standard InChI is InChI=1S/C21H24ClN7/c1-21(2,3)9-18-25-12-17-19(28-18)29(16-4-5-24-11-16)20(27-17)26-15-7-13(10-23)6-14(22)8-15/h6-8,12,16,24H,4-5,9,11H2,1-3H3,(H,26,27). The summed E-state index contributed by atoms with van der Waals surface area (Å²) < 4.78 is 2.15. The molecule has 0 aliphatic carbocycles. The lowest BCUT2D eigenvalue weighted by Gasteiger charge is -2.18. The van der Waals surface area contributed by atoms with Gasteiger partial charge < -0.3 is 10.6 Å². The summed E-state index contributed by atoms with van der Waals surface area (Å²) >= 11 is 6.17. The number of rotatable bonds is 4. The fraction of sp³-hybridized carbons (Fsp3) is 0.429. The summed E-state index contributed by atoms with van der Waals surface area (Å²) in [5.74, 6) is 1.50. The maximum atomic E-state index is 9.23. The van der Waals surface area contributed by atoms with Crippen molar-refractivity contribution in [1.82, 2.24) is 24.8 Å². The highest BCUT2D eigenvalue weighted by Gasteiger charge is 2.25. The Balaban J connectivity index is 1.79. The second-order valence-electron chi connectivity index (χ2n) is 8.65. The molecule has 3 aromatic rings. The van der Waals surface area contributed by atoms with E-state index >= 15 is 0 Å². The van der Waals surface area contributed by atoms with Gasteiger partial charge in [-0.2, -0.15) is 5.26 Å². The van der Waals surface area contributed by atoms with Crippen molar-refractivity contribution in [1.29, 1.82) is 5.26 Å². The maximum Gasteiger partial charge on any atom is 0.210 e. The van der Waals surface area contributed by atoms with E-state index in [0.29, 0.717) is 16.5 Å². The Bertz CT molecular complexity index is 1080. The molecule has 4 rings (SSSR count). The Morgan fingerprint density at radius 1 is 1.31 bits per heavy atom. The third kappa shape index (κ3) is 4.34. The van der Waals surface area contributed by atoms with Gasteiger partial charge in [-0.1, -0.05) is 32.4 Å². The van der Waals surface area contributed by atoms with Gasteiger partial charge >= 0.3 is 0 Å². The Labute approximate surface area is 175 Å². The molecular weight excluding hydrogens is 386 g/mol. The number of imidazole rings is 1. The van der Waals surface area contributed by atoms with Crippen LogP contribution in [0.1, 0.15) is 44.6 Å². The Morgan fingerprint density at radius 2 is 2.14 bits per heavy atom. The first-order chi connectivity index (χ1) is 13.8. The van der Waals surface area contributed by atoms with Gasteiger partial charge in [0, 0.05) is 23.7 Å². The molecule has 7 nitrogen and oxygen atoms in total. The van der Waals surface area contributed by atoms with Gasteiger partial charge in [0.1, 0.15) is 11.3 Å². The summed E-state index contributed by atoms with van der Waals surface area (Å²) in [6.45, 7) is 8.35. The van der Waals surface area contributed by atoms with Crippen molar-refractivity contribution in [2.75, 3.05) is 18.4 Å². The van der Waals surface area contributed by atoms with Crippen LogP contribution in [0.5, 0.6) is 0 Å². The third-order valence-electron chi connectivity index (χ3n) is 4.85. The van der Waals surface area contributed by atoms with Crippen LogP contribution in [0.4, 0.5) is 11.6 Å². The summed E-state index contributed by atoms with van der Waals surface area (Å²) in [6.07, 6.45) is 3.59. The van der Waals surface area contributed by atoms with Crippen molar-refractivity contribution in [3.63, 3.8) is 0 Å². The number of hydrogen-bond donors (Lipinski definition) is 2. The minimum Gasteiger partial charge on any atom is -0.325 e. The molecule has 0 bridgehead atoms. The molecule has 150 valence electrons. The second-order valence-corrected chi connectivity index (χ2v) is 9.09. The monoisotopic (exact) mass is 409 g/mol. The number of halogens is 1. The zero-order valence-corrected chi connectivity index (χ0v) is 17.6. The molecule has 1 unspecified atom stereocenters. The molecule has 0 amide bonds. The summed E-state index contributed by atoms with van der Waals surface area (Å²) in [7, 11) is 0. The molecule has 8 heteroatoms. The molecular formula is C21H24ClN7. The molecule has 1 atom stereocenters. The van der Waals surface area contributed by atoms with Gasteiger partial charge in [-0.05, 0) is 36.6 Å². The second kappa shape index (κ2) is 7.62. The first-order valence-corrected chi connectivity index (χ1v) is 10.1. The highest BCUT2D eigenvalue weighted by atomic mass is 35.5. The van der Waals surface area contributed by atoms with Crippen LogP contribution in [0.25, 0.3) is 11.2 Å². The normalized spacial score (nSPS) is 16.9. The van der Waals surface area contributed by atoms with Crippen molar-refractivity contribution >= 4 is 34.4 Å². The minimum absolute atomic E-state index is 0.100. The lowest BCUT2D eigenvalue weighted by atomic mass is 9.92. The zero-order chi connectivity index (χ0) is 20.6. The number of nitrogens with one attached hydrogen (secondary N) is 2. The lowest BCUT2D eigenvalue weighted by Crippen LogP contribution is -2.16. The number of fused-ring (bicyclic) bond motifs is 1. The largest absolute Gasteiger partial charge is 0.325 e. The topological polar surface area (TPSA) is 91.5 Å². The number of hydrogen-bond acceptors (Lipinski definition) is 6. The van der Waals surface area contributed by atoms with Crippen LogP contribution in [0.3, 0.4) is 0 Å². The van der Waals surface area contributed by atoms with Gasteiger partial charge in [0.2, 0.25) is 5.95 Å². The SMILES string of the molecule is CC(C)(C)Cc1ncc2nc(Nc3cc(Cl)cc(C#N)c3)n(C3CCNC3)c2n1. The van der Waals surface area contributed by atoms with E-state index in [0.717, 1.165) is 48.6 Å². The smallest absolute Gasteiger partial charge is 0.210 e. The summed E-state index contributed by atoms with van der Waals surface area (Å²) in [5, 5.41) is 16.5. The molecule has 0 spiro atoms. The average Bonchev–Trinajstić information content (AvgIpc) is 3.26. The summed E-state index contributed by atoms with van der Waals surface area (Å²) in [4.78, 5) is 14.1. The van der Waals surface area contributed by atoms with Crippen LogP contribution < -0.4 is 10.6 Å². The van der Waals surface area contributed by atoms with E-state index in [2.05, 4.69) is 47.0 Å². The van der Waals surface area contributed by atoms with Crippen molar-refractivity contribution in [3.8, 4) is 6.07 Å². The Morgan fingerprint density at radius 3 is 2.83 bits per heavy atom. The summed E-state index contributed by atoms with van der Waals surface area (Å²) in [5.41, 5.74) is 2.90. The molecule has 29 heavy (non-hydrogen) atoms. The number of anilines is 2. The van der Waals surface area contributed by atoms with Crippen LogP contribution >= 0.6 is 11.6 Å². The lowest BCUT2D eigenvalue weighted by molar-refractivity contribution is 0.401. The van der Waals surface area contributed by atoms with Gasteiger partial charge in [0.25, 0.3) is 0 Å². The molecule has 1 fully saturated rings. The predicted molar refractivity (Wildman–Crippen MR) is 114 cm³/mol. The number of nitriles is 1. The zero-order valence-electron chi connectivity index (χ0n) is 16.8. The Kier molecular flexibility index (Phi) is 5.15. The molecule has 0 radical (unpaired) electrons. The van der Waals surface area contributed by atoms with E-state index in [1.807, 2.05) is 0 Å². The van der Waals surface area contributed by atoms with Gasteiger partial charge in [-0.15, -0.1) is 0 Å². The highest BCUT2D eigenvalue weighted by molar-refractivity contribution is 6.31. The fourth-order valence-electron chi connectivity index (χ4n) is 3.64. The van der Waals surface area contributed by atoms with E-state index in [4.69, 9.17) is 21.6 Å². The third-order valence-corrected chi connectivity index (χ3v) is 5.07. The summed E-state index contributed by atoms with van der Waals surface area (Å²) in [6, 6.07) is 7.57. The molecule has 2 aromatic heterocycles. The van der Waals surface area contributed by atoms with Gasteiger partial charge in [-0.25, -0.2) is 15.0 Å². The minimum atomic E-state index is 0.100. The number of aromatic nitrogens is 4. The molecule has 1 aromatic carbocycles.